The Morgan fingerprint density at radius 1 is 1.67 bits per heavy atom. The largest absolute Gasteiger partial charge is 0.393 e. The lowest BCUT2D eigenvalue weighted by atomic mass is 10.1. The SMILES string of the molecule is O=C1CC(CS)C(=O)O1. The van der Waals surface area contributed by atoms with Gasteiger partial charge < -0.3 is 4.74 Å². The molecule has 1 atom stereocenters. The smallest absolute Gasteiger partial charge is 0.318 e. The molecule has 0 aromatic carbocycles. The first-order chi connectivity index (χ1) is 4.24. The minimum absolute atomic E-state index is 0.197. The second-order valence-corrected chi connectivity index (χ2v) is 2.24. The molecule has 1 aliphatic rings. The van der Waals surface area contributed by atoms with Gasteiger partial charge in [-0.1, -0.05) is 0 Å². The third kappa shape index (κ3) is 1.24. The predicted octanol–water partition coefficient (Wildman–Crippen LogP) is 0.00590. The molecule has 1 saturated heterocycles. The van der Waals surface area contributed by atoms with Gasteiger partial charge in [0.15, 0.2) is 0 Å². The van der Waals surface area contributed by atoms with Gasteiger partial charge in [0.05, 0.1) is 12.3 Å². The van der Waals surface area contributed by atoms with Crippen molar-refractivity contribution in [1.29, 1.82) is 0 Å². The quantitative estimate of drug-likeness (QED) is 0.322. The number of hydrogen-bond acceptors (Lipinski definition) is 4. The Bertz CT molecular complexity index is 154. The maximum absolute atomic E-state index is 10.5. The summed E-state index contributed by atoms with van der Waals surface area (Å²) >= 11 is 3.86. The van der Waals surface area contributed by atoms with Crippen LogP contribution in [0.2, 0.25) is 0 Å². The van der Waals surface area contributed by atoms with Crippen molar-refractivity contribution in [3.05, 3.63) is 0 Å². The van der Waals surface area contributed by atoms with E-state index in [4.69, 9.17) is 0 Å². The summed E-state index contributed by atoms with van der Waals surface area (Å²) in [7, 11) is 0. The molecule has 0 aromatic rings. The Balaban J connectivity index is 2.58. The fourth-order valence-corrected chi connectivity index (χ4v) is 0.939. The van der Waals surface area contributed by atoms with Crippen LogP contribution in [0.3, 0.4) is 0 Å². The first-order valence-corrected chi connectivity index (χ1v) is 3.22. The van der Waals surface area contributed by atoms with Crippen molar-refractivity contribution in [2.45, 2.75) is 6.42 Å². The van der Waals surface area contributed by atoms with E-state index >= 15 is 0 Å². The van der Waals surface area contributed by atoms with E-state index in [9.17, 15) is 9.59 Å². The topological polar surface area (TPSA) is 43.4 Å². The zero-order valence-electron chi connectivity index (χ0n) is 4.66. The number of thiol groups is 1. The van der Waals surface area contributed by atoms with E-state index in [0.717, 1.165) is 0 Å². The first kappa shape index (κ1) is 6.61. The van der Waals surface area contributed by atoms with Gasteiger partial charge in [-0.15, -0.1) is 0 Å². The monoisotopic (exact) mass is 146 g/mol. The lowest BCUT2D eigenvalue weighted by Crippen LogP contribution is -2.08. The van der Waals surface area contributed by atoms with Crippen molar-refractivity contribution in [1.82, 2.24) is 0 Å². The van der Waals surface area contributed by atoms with Crippen LogP contribution in [-0.4, -0.2) is 17.7 Å². The van der Waals surface area contributed by atoms with Crippen molar-refractivity contribution in [3.8, 4) is 0 Å². The van der Waals surface area contributed by atoms with Gasteiger partial charge in [-0.3, -0.25) is 9.59 Å². The summed E-state index contributed by atoms with van der Waals surface area (Å²) in [5, 5.41) is 0. The second kappa shape index (κ2) is 2.39. The molecule has 0 bridgehead atoms. The van der Waals surface area contributed by atoms with Crippen LogP contribution in [-0.2, 0) is 14.3 Å². The van der Waals surface area contributed by atoms with Crippen LogP contribution in [0.1, 0.15) is 6.42 Å². The molecule has 1 fully saturated rings. The number of ether oxygens (including phenoxy) is 1. The molecule has 0 aromatic heterocycles. The molecule has 4 heteroatoms. The Hall–Kier alpha value is -0.510. The number of carbonyl (C=O) groups is 2. The van der Waals surface area contributed by atoms with Gasteiger partial charge in [-0.2, -0.15) is 12.6 Å². The molecular formula is C5H6O3S. The molecule has 1 rings (SSSR count). The summed E-state index contributed by atoms with van der Waals surface area (Å²) in [6.07, 6.45) is 0.197. The van der Waals surface area contributed by atoms with Crippen molar-refractivity contribution in [3.63, 3.8) is 0 Å². The van der Waals surface area contributed by atoms with Crippen LogP contribution in [0.4, 0.5) is 0 Å². The van der Waals surface area contributed by atoms with Crippen molar-refractivity contribution in [2.24, 2.45) is 5.92 Å². The third-order valence-electron chi connectivity index (χ3n) is 1.18. The van der Waals surface area contributed by atoms with Gasteiger partial charge >= 0.3 is 11.9 Å². The van der Waals surface area contributed by atoms with E-state index in [1.807, 2.05) is 0 Å². The average molecular weight is 146 g/mol. The highest BCUT2D eigenvalue weighted by atomic mass is 32.1. The lowest BCUT2D eigenvalue weighted by molar-refractivity contribution is -0.152. The molecule has 0 aliphatic carbocycles. The van der Waals surface area contributed by atoms with E-state index in [2.05, 4.69) is 17.4 Å². The number of hydrogen-bond donors (Lipinski definition) is 1. The molecule has 50 valence electrons. The van der Waals surface area contributed by atoms with Gasteiger partial charge in [0, 0.05) is 5.75 Å². The number of esters is 2. The van der Waals surface area contributed by atoms with E-state index in [1.165, 1.54) is 0 Å². The average Bonchev–Trinajstić information content (AvgIpc) is 2.10. The molecule has 0 amide bonds. The Labute approximate surface area is 57.8 Å². The Morgan fingerprint density at radius 2 is 2.33 bits per heavy atom. The van der Waals surface area contributed by atoms with Gasteiger partial charge in [-0.25, -0.2) is 0 Å². The number of carbonyl (C=O) groups excluding carboxylic acids is 2. The maximum atomic E-state index is 10.5. The minimum atomic E-state index is -0.435. The number of rotatable bonds is 1. The zero-order valence-corrected chi connectivity index (χ0v) is 5.56. The van der Waals surface area contributed by atoms with Crippen LogP contribution in [0, 0.1) is 5.92 Å². The van der Waals surface area contributed by atoms with Crippen molar-refractivity contribution in [2.75, 3.05) is 5.75 Å². The van der Waals surface area contributed by atoms with Crippen LogP contribution in [0.25, 0.3) is 0 Å². The molecule has 9 heavy (non-hydrogen) atoms. The van der Waals surface area contributed by atoms with Gasteiger partial charge in [0.1, 0.15) is 0 Å². The fourth-order valence-electron chi connectivity index (χ4n) is 0.661. The van der Waals surface area contributed by atoms with E-state index in [1.54, 1.807) is 0 Å². The van der Waals surface area contributed by atoms with Crippen molar-refractivity contribution >= 4 is 24.6 Å². The van der Waals surface area contributed by atoms with Crippen LogP contribution in [0.15, 0.2) is 0 Å². The Morgan fingerprint density at radius 3 is 2.56 bits per heavy atom. The highest BCUT2D eigenvalue weighted by Crippen LogP contribution is 2.16. The van der Waals surface area contributed by atoms with Crippen molar-refractivity contribution < 1.29 is 14.3 Å². The lowest BCUT2D eigenvalue weighted by Gasteiger charge is -1.93. The van der Waals surface area contributed by atoms with Crippen LogP contribution >= 0.6 is 12.6 Å². The first-order valence-electron chi connectivity index (χ1n) is 2.59. The summed E-state index contributed by atoms with van der Waals surface area (Å²) in [6, 6.07) is 0. The summed E-state index contributed by atoms with van der Waals surface area (Å²) in [4.78, 5) is 20.9. The van der Waals surface area contributed by atoms with E-state index < -0.39 is 11.9 Å². The molecule has 1 aliphatic heterocycles. The molecular weight excluding hydrogens is 140 g/mol. The minimum Gasteiger partial charge on any atom is -0.393 e. The van der Waals surface area contributed by atoms with Crippen LogP contribution < -0.4 is 0 Å². The highest BCUT2D eigenvalue weighted by molar-refractivity contribution is 7.80. The Kier molecular flexibility index (Phi) is 1.75. The second-order valence-electron chi connectivity index (χ2n) is 1.88. The summed E-state index contributed by atoms with van der Waals surface area (Å²) < 4.78 is 4.24. The molecule has 0 spiro atoms. The van der Waals surface area contributed by atoms with Gasteiger partial charge in [0.2, 0.25) is 0 Å². The third-order valence-corrected chi connectivity index (χ3v) is 1.62. The maximum Gasteiger partial charge on any atom is 0.318 e. The normalized spacial score (nSPS) is 26.6. The molecule has 1 heterocycles. The van der Waals surface area contributed by atoms with Crippen LogP contribution in [0.5, 0.6) is 0 Å². The number of cyclic esters (lactones) is 2. The summed E-state index contributed by atoms with van der Waals surface area (Å²) in [5.74, 6) is -0.778. The van der Waals surface area contributed by atoms with E-state index in [0.29, 0.717) is 5.75 Å². The molecule has 0 N–H and O–H groups in total. The van der Waals surface area contributed by atoms with Gasteiger partial charge in [0.25, 0.3) is 0 Å². The molecule has 1 unspecified atom stereocenters. The van der Waals surface area contributed by atoms with Gasteiger partial charge in [-0.05, 0) is 0 Å². The zero-order chi connectivity index (χ0) is 6.85. The molecule has 0 radical (unpaired) electrons. The molecule has 3 nitrogen and oxygen atoms in total. The molecule has 0 saturated carbocycles. The summed E-state index contributed by atoms with van der Waals surface area (Å²) in [5.41, 5.74) is 0. The predicted molar refractivity (Wildman–Crippen MR) is 33.1 cm³/mol. The van der Waals surface area contributed by atoms with E-state index in [-0.39, 0.29) is 12.3 Å². The summed E-state index contributed by atoms with van der Waals surface area (Å²) in [6.45, 7) is 0. The standard InChI is InChI=1S/C5H6O3S/c6-4-1-3(2-9)5(7)8-4/h3,9H,1-2H2. The fraction of sp³-hybridized carbons (Fsp3) is 0.600. The highest BCUT2D eigenvalue weighted by Gasteiger charge is 2.31.